The van der Waals surface area contributed by atoms with Gasteiger partial charge in [-0.25, -0.2) is 9.78 Å². The number of fused-ring (bicyclic) bond motifs is 1. The maximum absolute atomic E-state index is 11.5. The molecule has 1 aromatic carbocycles. The molecule has 0 saturated carbocycles. The van der Waals surface area contributed by atoms with Gasteiger partial charge in [0.05, 0.1) is 23.7 Å². The molecule has 0 aliphatic heterocycles. The topological polar surface area (TPSA) is 44.1 Å². The number of carbonyl (C=O) groups is 1. The van der Waals surface area contributed by atoms with E-state index >= 15 is 0 Å². The first-order valence-corrected chi connectivity index (χ1v) is 6.62. The molecule has 0 saturated heterocycles. The van der Waals surface area contributed by atoms with Crippen LogP contribution in [0.1, 0.15) is 36.5 Å². The number of benzene rings is 1. The summed E-state index contributed by atoms with van der Waals surface area (Å²) in [7, 11) is 1.39. The van der Waals surface area contributed by atoms with Gasteiger partial charge >= 0.3 is 5.97 Å². The van der Waals surface area contributed by atoms with E-state index in [-0.39, 0.29) is 5.97 Å². The highest BCUT2D eigenvalue weighted by molar-refractivity contribution is 5.93. The molecule has 0 aliphatic rings. The van der Waals surface area contributed by atoms with E-state index in [0.29, 0.717) is 11.5 Å². The number of ether oxygens (including phenoxy) is 1. The van der Waals surface area contributed by atoms with Crippen molar-refractivity contribution in [3.05, 3.63) is 29.6 Å². The Morgan fingerprint density at radius 2 is 2.21 bits per heavy atom. The van der Waals surface area contributed by atoms with Gasteiger partial charge in [-0.3, -0.25) is 0 Å². The molecule has 1 heterocycles. The predicted octanol–water partition coefficient (Wildman–Crippen LogP) is 3.18. The van der Waals surface area contributed by atoms with Crippen LogP contribution in [0.3, 0.4) is 0 Å². The van der Waals surface area contributed by atoms with Crippen LogP contribution in [0.25, 0.3) is 11.0 Å². The van der Waals surface area contributed by atoms with E-state index in [4.69, 9.17) is 4.74 Å². The number of hydrogen-bond acceptors (Lipinski definition) is 3. The van der Waals surface area contributed by atoms with Gasteiger partial charge in [0.2, 0.25) is 0 Å². The average molecular weight is 260 g/mol. The number of rotatable bonds is 4. The highest BCUT2D eigenvalue weighted by Gasteiger charge is 2.12. The van der Waals surface area contributed by atoms with E-state index in [2.05, 4.69) is 23.4 Å². The van der Waals surface area contributed by atoms with Crippen LogP contribution in [0.5, 0.6) is 0 Å². The zero-order chi connectivity index (χ0) is 14.0. The second-order valence-electron chi connectivity index (χ2n) is 4.98. The van der Waals surface area contributed by atoms with E-state index in [9.17, 15) is 4.79 Å². The van der Waals surface area contributed by atoms with Crippen LogP contribution in [0.15, 0.2) is 18.2 Å². The van der Waals surface area contributed by atoms with Crippen molar-refractivity contribution in [1.82, 2.24) is 9.55 Å². The molecule has 0 spiro atoms. The van der Waals surface area contributed by atoms with Crippen molar-refractivity contribution in [2.45, 2.75) is 33.7 Å². The number of imidazole rings is 1. The molecule has 2 rings (SSSR count). The summed E-state index contributed by atoms with van der Waals surface area (Å²) >= 11 is 0. The molecule has 1 aromatic heterocycles. The summed E-state index contributed by atoms with van der Waals surface area (Å²) in [6.45, 7) is 7.37. The Kier molecular flexibility index (Phi) is 3.88. The maximum atomic E-state index is 11.5. The molecule has 4 heteroatoms. The molecule has 0 amide bonds. The standard InChI is InChI=1S/C15H20N2O2/c1-5-10(2)9-17-11(3)16-13-8-12(15(18)19-4)6-7-14(13)17/h6-8,10H,5,9H2,1-4H3. The first kappa shape index (κ1) is 13.6. The number of esters is 1. The quantitative estimate of drug-likeness (QED) is 0.793. The number of aromatic nitrogens is 2. The van der Waals surface area contributed by atoms with Crippen molar-refractivity contribution in [2.75, 3.05) is 7.11 Å². The fraction of sp³-hybridized carbons (Fsp3) is 0.467. The Balaban J connectivity index is 2.45. The lowest BCUT2D eigenvalue weighted by Gasteiger charge is -2.12. The molecule has 0 aliphatic carbocycles. The molecule has 1 unspecified atom stereocenters. The van der Waals surface area contributed by atoms with E-state index in [1.165, 1.54) is 7.11 Å². The molecule has 102 valence electrons. The monoisotopic (exact) mass is 260 g/mol. The van der Waals surface area contributed by atoms with Gasteiger partial charge in [-0.1, -0.05) is 20.3 Å². The molecule has 2 aromatic rings. The molecule has 4 nitrogen and oxygen atoms in total. The number of aryl methyl sites for hydroxylation is 1. The summed E-state index contributed by atoms with van der Waals surface area (Å²) < 4.78 is 6.94. The third-order valence-electron chi connectivity index (χ3n) is 3.55. The van der Waals surface area contributed by atoms with Crippen molar-refractivity contribution in [3.63, 3.8) is 0 Å². The van der Waals surface area contributed by atoms with Crippen molar-refractivity contribution in [3.8, 4) is 0 Å². The van der Waals surface area contributed by atoms with Crippen molar-refractivity contribution in [1.29, 1.82) is 0 Å². The summed E-state index contributed by atoms with van der Waals surface area (Å²) in [6.07, 6.45) is 1.14. The third kappa shape index (κ3) is 2.62. The molecule has 0 bridgehead atoms. The Morgan fingerprint density at radius 1 is 1.47 bits per heavy atom. The minimum atomic E-state index is -0.323. The Morgan fingerprint density at radius 3 is 2.84 bits per heavy atom. The van der Waals surface area contributed by atoms with Crippen LogP contribution in [0, 0.1) is 12.8 Å². The van der Waals surface area contributed by atoms with Gasteiger partial charge in [0.15, 0.2) is 0 Å². The lowest BCUT2D eigenvalue weighted by Crippen LogP contribution is -2.08. The first-order chi connectivity index (χ1) is 9.06. The van der Waals surface area contributed by atoms with Gasteiger partial charge in [0, 0.05) is 6.54 Å². The molecule has 1 atom stereocenters. The highest BCUT2D eigenvalue weighted by atomic mass is 16.5. The van der Waals surface area contributed by atoms with Gasteiger partial charge in [0.1, 0.15) is 5.82 Å². The summed E-state index contributed by atoms with van der Waals surface area (Å²) in [5, 5.41) is 0. The fourth-order valence-electron chi connectivity index (χ4n) is 2.17. The summed E-state index contributed by atoms with van der Waals surface area (Å²) in [5.74, 6) is 1.27. The Bertz CT molecular complexity index is 601. The maximum Gasteiger partial charge on any atom is 0.337 e. The molecule has 0 fully saturated rings. The first-order valence-electron chi connectivity index (χ1n) is 6.62. The Hall–Kier alpha value is -1.84. The van der Waals surface area contributed by atoms with Crippen molar-refractivity contribution in [2.24, 2.45) is 5.92 Å². The van der Waals surface area contributed by atoms with Crippen LogP contribution in [0.2, 0.25) is 0 Å². The van der Waals surface area contributed by atoms with Crippen LogP contribution >= 0.6 is 0 Å². The summed E-state index contributed by atoms with van der Waals surface area (Å²) in [5.41, 5.74) is 2.47. The van der Waals surface area contributed by atoms with E-state index < -0.39 is 0 Å². The zero-order valence-corrected chi connectivity index (χ0v) is 11.9. The lowest BCUT2D eigenvalue weighted by molar-refractivity contribution is 0.0601. The van der Waals surface area contributed by atoms with Gasteiger partial charge in [0.25, 0.3) is 0 Å². The molecule has 0 radical (unpaired) electrons. The van der Waals surface area contributed by atoms with E-state index in [0.717, 1.165) is 29.8 Å². The van der Waals surface area contributed by atoms with E-state index in [1.807, 2.05) is 13.0 Å². The second-order valence-corrected chi connectivity index (χ2v) is 4.98. The molecule has 0 N–H and O–H groups in total. The van der Waals surface area contributed by atoms with Gasteiger partial charge in [-0.05, 0) is 31.0 Å². The van der Waals surface area contributed by atoms with E-state index in [1.54, 1.807) is 12.1 Å². The van der Waals surface area contributed by atoms with Crippen LogP contribution < -0.4 is 0 Å². The fourth-order valence-corrected chi connectivity index (χ4v) is 2.17. The highest BCUT2D eigenvalue weighted by Crippen LogP contribution is 2.20. The third-order valence-corrected chi connectivity index (χ3v) is 3.55. The van der Waals surface area contributed by atoms with Crippen LogP contribution in [0.4, 0.5) is 0 Å². The van der Waals surface area contributed by atoms with Gasteiger partial charge < -0.3 is 9.30 Å². The molecule has 19 heavy (non-hydrogen) atoms. The molecular weight excluding hydrogens is 240 g/mol. The Labute approximate surface area is 113 Å². The molecular formula is C15H20N2O2. The lowest BCUT2D eigenvalue weighted by atomic mass is 10.1. The summed E-state index contributed by atoms with van der Waals surface area (Å²) in [4.78, 5) is 16.0. The van der Waals surface area contributed by atoms with Gasteiger partial charge in [-0.2, -0.15) is 0 Å². The number of nitrogens with zero attached hydrogens (tertiary/aromatic N) is 2. The second kappa shape index (κ2) is 5.43. The largest absolute Gasteiger partial charge is 0.465 e. The summed E-state index contributed by atoms with van der Waals surface area (Å²) in [6, 6.07) is 5.54. The number of methoxy groups -OCH3 is 1. The van der Waals surface area contributed by atoms with Crippen molar-refractivity contribution < 1.29 is 9.53 Å². The normalized spacial score (nSPS) is 12.6. The minimum Gasteiger partial charge on any atom is -0.465 e. The number of hydrogen-bond donors (Lipinski definition) is 0. The number of carbonyl (C=O) groups excluding carboxylic acids is 1. The average Bonchev–Trinajstić information content (AvgIpc) is 2.73. The van der Waals surface area contributed by atoms with Crippen LogP contribution in [-0.4, -0.2) is 22.6 Å². The predicted molar refractivity (Wildman–Crippen MR) is 75.3 cm³/mol. The van der Waals surface area contributed by atoms with Crippen molar-refractivity contribution >= 4 is 17.0 Å². The van der Waals surface area contributed by atoms with Gasteiger partial charge in [-0.15, -0.1) is 0 Å². The van der Waals surface area contributed by atoms with Crippen LogP contribution in [-0.2, 0) is 11.3 Å². The smallest absolute Gasteiger partial charge is 0.337 e. The SMILES string of the molecule is CCC(C)Cn1c(C)nc2cc(C(=O)OC)ccc21. The zero-order valence-electron chi connectivity index (χ0n) is 11.9. The minimum absolute atomic E-state index is 0.323.